The van der Waals surface area contributed by atoms with Gasteiger partial charge in [-0.3, -0.25) is 0 Å². The molecule has 3 heteroatoms. The van der Waals surface area contributed by atoms with Crippen LogP contribution in [-0.2, 0) is 10.2 Å². The first-order chi connectivity index (χ1) is 7.75. The molecule has 0 bridgehead atoms. The number of carbonyl (C=O) groups excluding carboxylic acids is 1. The Morgan fingerprint density at radius 2 is 2.25 bits per heavy atom. The van der Waals surface area contributed by atoms with Gasteiger partial charge in [-0.25, -0.2) is 4.79 Å². The second-order valence-electron chi connectivity index (χ2n) is 4.74. The summed E-state index contributed by atoms with van der Waals surface area (Å²) in [5.74, 6) is -0.265. The molecule has 2 aliphatic rings. The molecule has 1 N–H and O–H groups in total. The van der Waals surface area contributed by atoms with Gasteiger partial charge in [-0.2, -0.15) is 0 Å². The average Bonchev–Trinajstić information content (AvgIpc) is 2.66. The molecule has 1 aromatic rings. The topological polar surface area (TPSA) is 38.3 Å². The van der Waals surface area contributed by atoms with Gasteiger partial charge >= 0.3 is 5.97 Å². The molecule has 84 valence electrons. The van der Waals surface area contributed by atoms with E-state index in [1.54, 1.807) is 0 Å². The Kier molecular flexibility index (Phi) is 1.96. The van der Waals surface area contributed by atoms with E-state index in [4.69, 9.17) is 4.74 Å². The van der Waals surface area contributed by atoms with Gasteiger partial charge < -0.3 is 10.1 Å². The molecule has 0 unspecified atom stereocenters. The summed E-state index contributed by atoms with van der Waals surface area (Å²) in [6.07, 6.45) is 3.86. The first-order valence-electron chi connectivity index (χ1n) is 5.72. The van der Waals surface area contributed by atoms with E-state index in [1.165, 1.54) is 31.9 Å². The van der Waals surface area contributed by atoms with E-state index in [9.17, 15) is 4.79 Å². The normalized spacial score (nSPS) is 19.8. The zero-order valence-electron chi connectivity index (χ0n) is 9.38. The lowest BCUT2D eigenvalue weighted by Gasteiger charge is -2.38. The maximum absolute atomic E-state index is 11.4. The van der Waals surface area contributed by atoms with Crippen LogP contribution in [0.3, 0.4) is 0 Å². The number of methoxy groups -OCH3 is 1. The smallest absolute Gasteiger partial charge is 0.337 e. The van der Waals surface area contributed by atoms with Crippen molar-refractivity contribution in [1.82, 2.24) is 0 Å². The van der Waals surface area contributed by atoms with Gasteiger partial charge in [-0.05, 0) is 30.5 Å². The Hall–Kier alpha value is -1.51. The maximum atomic E-state index is 11.4. The largest absolute Gasteiger partial charge is 0.465 e. The van der Waals surface area contributed by atoms with Crippen molar-refractivity contribution in [3.05, 3.63) is 29.3 Å². The zero-order chi connectivity index (χ0) is 11.2. The summed E-state index contributed by atoms with van der Waals surface area (Å²) in [4.78, 5) is 11.4. The quantitative estimate of drug-likeness (QED) is 0.734. The number of fused-ring (bicyclic) bond motifs is 2. The van der Waals surface area contributed by atoms with E-state index in [1.807, 2.05) is 12.1 Å². The maximum Gasteiger partial charge on any atom is 0.337 e. The minimum absolute atomic E-state index is 0.265. The van der Waals surface area contributed by atoms with Gasteiger partial charge in [-0.1, -0.05) is 12.5 Å². The van der Waals surface area contributed by atoms with Gasteiger partial charge in [0.1, 0.15) is 0 Å². The number of carbonyl (C=O) groups is 1. The Bertz CT molecular complexity index is 449. The van der Waals surface area contributed by atoms with Crippen LogP contribution < -0.4 is 5.32 Å². The summed E-state index contributed by atoms with van der Waals surface area (Å²) in [6, 6.07) is 5.87. The fourth-order valence-electron chi connectivity index (χ4n) is 2.81. The molecule has 1 aromatic carbocycles. The first kappa shape index (κ1) is 9.70. The molecule has 1 aliphatic heterocycles. The Balaban J connectivity index is 1.99. The summed E-state index contributed by atoms with van der Waals surface area (Å²) < 4.78 is 4.72. The zero-order valence-corrected chi connectivity index (χ0v) is 9.38. The molecule has 1 fully saturated rings. The minimum Gasteiger partial charge on any atom is -0.465 e. The van der Waals surface area contributed by atoms with Crippen molar-refractivity contribution in [2.24, 2.45) is 0 Å². The predicted molar refractivity (Wildman–Crippen MR) is 61.8 cm³/mol. The van der Waals surface area contributed by atoms with Crippen LogP contribution in [0.1, 0.15) is 35.2 Å². The van der Waals surface area contributed by atoms with E-state index < -0.39 is 0 Å². The third-order valence-corrected chi connectivity index (χ3v) is 3.94. The second-order valence-corrected chi connectivity index (χ2v) is 4.74. The van der Waals surface area contributed by atoms with Crippen molar-refractivity contribution in [3.63, 3.8) is 0 Å². The van der Waals surface area contributed by atoms with E-state index in [0.29, 0.717) is 11.0 Å². The summed E-state index contributed by atoms with van der Waals surface area (Å²) >= 11 is 0. The third kappa shape index (κ3) is 1.17. The van der Waals surface area contributed by atoms with Gasteiger partial charge in [0, 0.05) is 17.6 Å². The Morgan fingerprint density at radius 1 is 1.44 bits per heavy atom. The van der Waals surface area contributed by atoms with Crippen molar-refractivity contribution in [3.8, 4) is 0 Å². The van der Waals surface area contributed by atoms with Crippen molar-refractivity contribution in [2.45, 2.75) is 24.7 Å². The summed E-state index contributed by atoms with van der Waals surface area (Å²) in [7, 11) is 1.41. The van der Waals surface area contributed by atoms with Crippen LogP contribution in [-0.4, -0.2) is 19.6 Å². The Labute approximate surface area is 94.8 Å². The fourth-order valence-corrected chi connectivity index (χ4v) is 2.81. The molecule has 3 rings (SSSR count). The molecule has 0 amide bonds. The van der Waals surface area contributed by atoms with Crippen LogP contribution in [0, 0.1) is 0 Å². The number of esters is 1. The molecular formula is C13H15NO2. The summed E-state index contributed by atoms with van der Waals surface area (Å²) in [5, 5.41) is 3.40. The molecule has 1 heterocycles. The number of rotatable bonds is 1. The molecular weight excluding hydrogens is 202 g/mol. The molecule has 1 aliphatic carbocycles. The number of hydrogen-bond acceptors (Lipinski definition) is 3. The highest BCUT2D eigenvalue weighted by molar-refractivity contribution is 5.91. The lowest BCUT2D eigenvalue weighted by atomic mass is 9.66. The molecule has 0 atom stereocenters. The second kappa shape index (κ2) is 3.24. The molecule has 1 saturated carbocycles. The summed E-state index contributed by atoms with van der Waals surface area (Å²) in [5.41, 5.74) is 3.49. The number of ether oxygens (including phenoxy) is 1. The van der Waals surface area contributed by atoms with Gasteiger partial charge in [-0.15, -0.1) is 0 Å². The monoisotopic (exact) mass is 217 g/mol. The van der Waals surface area contributed by atoms with E-state index >= 15 is 0 Å². The molecule has 0 saturated heterocycles. The van der Waals surface area contributed by atoms with Crippen LogP contribution in [0.15, 0.2) is 18.2 Å². The van der Waals surface area contributed by atoms with Gasteiger partial charge in [0.15, 0.2) is 0 Å². The number of hydrogen-bond donors (Lipinski definition) is 1. The van der Waals surface area contributed by atoms with Gasteiger partial charge in [0.2, 0.25) is 0 Å². The van der Waals surface area contributed by atoms with E-state index in [-0.39, 0.29) is 5.97 Å². The third-order valence-electron chi connectivity index (χ3n) is 3.94. The number of nitrogens with one attached hydrogen (secondary N) is 1. The van der Waals surface area contributed by atoms with Crippen molar-refractivity contribution in [1.29, 1.82) is 0 Å². The standard InChI is InChI=1S/C13H15NO2/c1-16-12(15)9-3-4-10-11(7-9)14-8-13(10)5-2-6-13/h3-4,7,14H,2,5-6,8H2,1H3. The lowest BCUT2D eigenvalue weighted by Crippen LogP contribution is -2.35. The Morgan fingerprint density at radius 3 is 2.88 bits per heavy atom. The molecule has 16 heavy (non-hydrogen) atoms. The van der Waals surface area contributed by atoms with Gasteiger partial charge in [0.25, 0.3) is 0 Å². The first-order valence-corrected chi connectivity index (χ1v) is 5.72. The highest BCUT2D eigenvalue weighted by Gasteiger charge is 2.43. The molecule has 1 spiro atoms. The molecule has 3 nitrogen and oxygen atoms in total. The van der Waals surface area contributed by atoms with Crippen molar-refractivity contribution in [2.75, 3.05) is 19.0 Å². The highest BCUT2D eigenvalue weighted by Crippen LogP contribution is 2.50. The minimum atomic E-state index is -0.265. The van der Waals surface area contributed by atoms with Crippen molar-refractivity contribution >= 4 is 11.7 Å². The van der Waals surface area contributed by atoms with Crippen LogP contribution >= 0.6 is 0 Å². The SMILES string of the molecule is COC(=O)c1ccc2c(c1)NCC21CCC1. The van der Waals surface area contributed by atoms with Crippen molar-refractivity contribution < 1.29 is 9.53 Å². The van der Waals surface area contributed by atoms with Crippen LogP contribution in [0.4, 0.5) is 5.69 Å². The van der Waals surface area contributed by atoms with Crippen LogP contribution in [0.2, 0.25) is 0 Å². The molecule has 0 radical (unpaired) electrons. The average molecular weight is 217 g/mol. The highest BCUT2D eigenvalue weighted by atomic mass is 16.5. The predicted octanol–water partition coefficient (Wildman–Crippen LogP) is 2.32. The van der Waals surface area contributed by atoms with Crippen LogP contribution in [0.25, 0.3) is 0 Å². The van der Waals surface area contributed by atoms with E-state index in [0.717, 1.165) is 12.2 Å². The lowest BCUT2D eigenvalue weighted by molar-refractivity contribution is 0.0601. The van der Waals surface area contributed by atoms with E-state index in [2.05, 4.69) is 11.4 Å². The number of anilines is 1. The molecule has 0 aromatic heterocycles. The van der Waals surface area contributed by atoms with Gasteiger partial charge in [0.05, 0.1) is 12.7 Å². The number of benzene rings is 1. The van der Waals surface area contributed by atoms with Crippen LogP contribution in [0.5, 0.6) is 0 Å². The fraction of sp³-hybridized carbons (Fsp3) is 0.462. The summed E-state index contributed by atoms with van der Waals surface area (Å²) in [6.45, 7) is 1.02.